The van der Waals surface area contributed by atoms with Crippen LogP contribution in [0.4, 0.5) is 0 Å². The molecule has 3 N–H and O–H groups in total. The number of benzene rings is 2. The maximum Gasteiger partial charge on any atom is 0.607 e. The van der Waals surface area contributed by atoms with Crippen LogP contribution >= 0.6 is 22.6 Å². The van der Waals surface area contributed by atoms with Gasteiger partial charge in [-0.15, -0.1) is 0 Å². The highest BCUT2D eigenvalue weighted by atomic mass is 127. The molecule has 15 heteroatoms. The van der Waals surface area contributed by atoms with Crippen LogP contribution in [0.2, 0.25) is 0 Å². The molecule has 2 fully saturated rings. The Balaban J connectivity index is 1.35. The maximum absolute atomic E-state index is 14.1. The van der Waals surface area contributed by atoms with Crippen molar-refractivity contribution in [2.24, 2.45) is 5.92 Å². The summed E-state index contributed by atoms with van der Waals surface area (Å²) in [5, 5.41) is 8.67. The molecule has 5 rings (SSSR count). The lowest BCUT2D eigenvalue weighted by molar-refractivity contribution is -0.818. The van der Waals surface area contributed by atoms with Gasteiger partial charge in [0.2, 0.25) is 11.8 Å². The number of hydrogen-bond donors (Lipinski definition) is 3. The third-order valence-corrected chi connectivity index (χ3v) is 9.61. The smallest absolute Gasteiger partial charge is 0.599 e. The summed E-state index contributed by atoms with van der Waals surface area (Å²) in [6.07, 6.45) is 6.13. The summed E-state index contributed by atoms with van der Waals surface area (Å²) in [7, 11) is 0. The summed E-state index contributed by atoms with van der Waals surface area (Å²) in [5.41, 5.74) is 1.95. The molecule has 0 unspecified atom stereocenters. The Morgan fingerprint density at radius 2 is 1.63 bits per heavy atom. The largest absolute Gasteiger partial charge is 0.607 e. The molecule has 0 bridgehead atoms. The summed E-state index contributed by atoms with van der Waals surface area (Å²) in [6, 6.07) is 16.2. The van der Waals surface area contributed by atoms with Gasteiger partial charge in [-0.25, -0.2) is 4.98 Å². The fourth-order valence-corrected chi connectivity index (χ4v) is 6.94. The van der Waals surface area contributed by atoms with Crippen molar-refractivity contribution in [3.05, 3.63) is 93.6 Å². The third kappa shape index (κ3) is 8.81. The van der Waals surface area contributed by atoms with Gasteiger partial charge < -0.3 is 29.7 Å². The van der Waals surface area contributed by atoms with Crippen LogP contribution in [0, 0.1) is 9.49 Å². The molecule has 0 spiro atoms. The van der Waals surface area contributed by atoms with E-state index in [4.69, 9.17) is 9.31 Å². The quantitative estimate of drug-likeness (QED) is 0.155. The first-order chi connectivity index (χ1) is 23.5. The van der Waals surface area contributed by atoms with Crippen LogP contribution in [-0.4, -0.2) is 82.4 Å². The number of hydrogen-bond acceptors (Lipinski definition) is 9. The van der Waals surface area contributed by atoms with Crippen molar-refractivity contribution >= 4 is 58.9 Å². The first kappa shape index (κ1) is 35.9. The normalized spacial score (nSPS) is 20.9. The van der Waals surface area contributed by atoms with E-state index in [9.17, 15) is 24.0 Å². The number of fused-ring (bicyclic) bond motifs is 1. The van der Waals surface area contributed by atoms with Gasteiger partial charge >= 0.3 is 18.6 Å². The van der Waals surface area contributed by atoms with Gasteiger partial charge in [-0.3, -0.25) is 29.0 Å². The summed E-state index contributed by atoms with van der Waals surface area (Å²) in [6.45, 7) is 0.498. The van der Waals surface area contributed by atoms with Crippen molar-refractivity contribution in [3.63, 3.8) is 0 Å². The first-order valence-corrected chi connectivity index (χ1v) is 17.4. The number of nitrogens with one attached hydrogen (secondary N) is 3. The number of aryl methyl sites for hydroxylation is 1. The van der Waals surface area contributed by atoms with Crippen LogP contribution in [0.1, 0.15) is 54.7 Å². The predicted octanol–water partition coefficient (Wildman–Crippen LogP) is 2.46. The minimum Gasteiger partial charge on any atom is -0.599 e. The van der Waals surface area contributed by atoms with Gasteiger partial charge in [0.25, 0.3) is 5.91 Å². The van der Waals surface area contributed by atoms with Gasteiger partial charge in [0.1, 0.15) is 31.5 Å². The van der Waals surface area contributed by atoms with Crippen LogP contribution < -0.4 is 16.0 Å². The molecular formula is C34H40BIN6O7. The minimum absolute atomic E-state index is 0.0281. The lowest BCUT2D eigenvalue weighted by Crippen LogP contribution is -2.75. The number of carbonyl (C=O) groups excluding carboxylic acids is 5. The number of nitrogens with zero attached hydrogens (tertiary/aromatic N) is 3. The second-order valence-corrected chi connectivity index (χ2v) is 14.3. The van der Waals surface area contributed by atoms with E-state index in [1.165, 1.54) is 18.6 Å². The molecule has 2 aromatic carbocycles. The lowest BCUT2D eigenvalue weighted by Gasteiger charge is -2.47. The average Bonchev–Trinajstić information content (AvgIpc) is 3.50. The van der Waals surface area contributed by atoms with Gasteiger partial charge in [0.05, 0.1) is 12.1 Å². The fraction of sp³-hybridized carbons (Fsp3) is 0.382. The zero-order chi connectivity index (χ0) is 35.0. The Labute approximate surface area is 298 Å². The van der Waals surface area contributed by atoms with Crippen LogP contribution in [-0.2, 0) is 41.3 Å². The highest BCUT2D eigenvalue weighted by molar-refractivity contribution is 14.1. The first-order valence-electron chi connectivity index (χ1n) is 16.3. The monoisotopic (exact) mass is 782 g/mol. The molecule has 49 heavy (non-hydrogen) atoms. The van der Waals surface area contributed by atoms with Gasteiger partial charge in [0.15, 0.2) is 0 Å². The SMILES string of the molecule is CC(C)C[C@H](NC(=O)[C@H](Cc1ccccc1)NC(=O)c1cnccn1)[B-]12OC(=O)C[N+]1(CNC(=O)CCCc1ccc(I)cc1)CC(=O)O2. The Kier molecular flexibility index (Phi) is 11.6. The van der Waals surface area contributed by atoms with E-state index in [0.29, 0.717) is 6.42 Å². The van der Waals surface area contributed by atoms with Crippen molar-refractivity contribution in [2.45, 2.75) is 57.9 Å². The maximum atomic E-state index is 14.1. The molecule has 2 saturated heterocycles. The Morgan fingerprint density at radius 1 is 0.939 bits per heavy atom. The van der Waals surface area contributed by atoms with E-state index >= 15 is 0 Å². The number of aromatic nitrogens is 2. The van der Waals surface area contributed by atoms with Crippen LogP contribution in [0.5, 0.6) is 0 Å². The number of rotatable bonds is 15. The molecule has 3 amide bonds. The molecule has 0 aliphatic carbocycles. The topological polar surface area (TPSA) is 166 Å². The zero-order valence-electron chi connectivity index (χ0n) is 27.5. The predicted molar refractivity (Wildman–Crippen MR) is 188 cm³/mol. The van der Waals surface area contributed by atoms with Crippen molar-refractivity contribution in [3.8, 4) is 0 Å². The van der Waals surface area contributed by atoms with E-state index in [1.54, 1.807) is 0 Å². The molecule has 2 aliphatic heterocycles. The Hall–Kier alpha value is -4.38. The number of halogens is 1. The Bertz CT molecular complexity index is 1640. The summed E-state index contributed by atoms with van der Waals surface area (Å²) >= 11 is 2.24. The number of quaternary nitrogens is 1. The van der Waals surface area contributed by atoms with Crippen molar-refractivity contribution in [1.82, 2.24) is 25.9 Å². The molecule has 3 aromatic rings. The molecular weight excluding hydrogens is 742 g/mol. The van der Waals surface area contributed by atoms with Crippen LogP contribution in [0.3, 0.4) is 0 Å². The van der Waals surface area contributed by atoms with Gasteiger partial charge in [0, 0.05) is 28.8 Å². The van der Waals surface area contributed by atoms with Crippen molar-refractivity contribution < 1.29 is 37.7 Å². The van der Waals surface area contributed by atoms with Gasteiger partial charge in [-0.05, 0) is 71.0 Å². The summed E-state index contributed by atoms with van der Waals surface area (Å²) in [4.78, 5) is 74.3. The molecule has 0 radical (unpaired) electrons. The average molecular weight is 782 g/mol. The zero-order valence-corrected chi connectivity index (χ0v) is 29.6. The second kappa shape index (κ2) is 15.9. The van der Waals surface area contributed by atoms with Gasteiger partial charge in [-0.1, -0.05) is 56.3 Å². The molecule has 13 nitrogen and oxygen atoms in total. The minimum atomic E-state index is -2.84. The fourth-order valence-electron chi connectivity index (χ4n) is 6.58. The van der Waals surface area contributed by atoms with Gasteiger partial charge in [-0.2, -0.15) is 0 Å². The van der Waals surface area contributed by atoms with Crippen molar-refractivity contribution in [2.75, 3.05) is 19.8 Å². The van der Waals surface area contributed by atoms with Crippen LogP contribution in [0.15, 0.2) is 73.2 Å². The van der Waals surface area contributed by atoms with E-state index in [2.05, 4.69) is 48.5 Å². The third-order valence-electron chi connectivity index (χ3n) is 8.89. The Morgan fingerprint density at radius 3 is 2.27 bits per heavy atom. The molecule has 258 valence electrons. The molecule has 3 heterocycles. The molecule has 2 atom stereocenters. The van der Waals surface area contributed by atoms with E-state index < -0.39 is 42.4 Å². The molecule has 0 saturated carbocycles. The highest BCUT2D eigenvalue weighted by Crippen LogP contribution is 2.39. The lowest BCUT2D eigenvalue weighted by atomic mass is 9.57. The summed E-state index contributed by atoms with van der Waals surface area (Å²) < 4.78 is 12.7. The highest BCUT2D eigenvalue weighted by Gasteiger charge is 2.71. The molecule has 1 aromatic heterocycles. The van der Waals surface area contributed by atoms with E-state index in [1.807, 2.05) is 68.4 Å². The number of carbonyl (C=O) groups is 5. The van der Waals surface area contributed by atoms with Crippen LogP contribution in [0.25, 0.3) is 0 Å². The standard InChI is InChI=1S/C34H40BIN6O7/c1-23(2)17-29(41-33(46)27(18-25-7-4-3-5-8-25)40-34(47)28-19-37-15-16-38-28)35-42(20-31(44)48-35,21-32(45)49-35)22-39-30(43)10-6-9-24-11-13-26(36)14-12-24/h3-5,7-8,11-16,19,23,27,29H,6,9-10,17-18,20-22H2,1-2H3,(H,39,43)(H,40,47)(H,41,46)/t27-,29-,35?,42?/m0/s1. The van der Waals surface area contributed by atoms with Crippen molar-refractivity contribution in [1.29, 1.82) is 0 Å². The second-order valence-electron chi connectivity index (χ2n) is 13.0. The van der Waals surface area contributed by atoms with E-state index in [0.717, 1.165) is 21.1 Å². The van der Waals surface area contributed by atoms with E-state index in [-0.39, 0.29) is 60.9 Å². The number of amides is 3. The summed E-state index contributed by atoms with van der Waals surface area (Å²) in [5.74, 6) is -3.56. The molecule has 2 aliphatic rings.